The highest BCUT2D eigenvalue weighted by Gasteiger charge is 2.20. The molecule has 1 saturated carbocycles. The van der Waals surface area contributed by atoms with Crippen LogP contribution in [0.25, 0.3) is 0 Å². The zero-order chi connectivity index (χ0) is 14.2. The van der Waals surface area contributed by atoms with Gasteiger partial charge in [0.1, 0.15) is 0 Å². The number of carbonyl (C=O) groups excluding carboxylic acids is 1. The molecule has 4 heteroatoms. The summed E-state index contributed by atoms with van der Waals surface area (Å²) in [5.41, 5.74) is 0. The summed E-state index contributed by atoms with van der Waals surface area (Å²) >= 11 is 0. The van der Waals surface area contributed by atoms with Crippen LogP contribution in [0.3, 0.4) is 0 Å². The normalized spacial score (nSPS) is 23.4. The van der Waals surface area contributed by atoms with Crippen molar-refractivity contribution in [3.05, 3.63) is 0 Å². The minimum Gasteiger partial charge on any atom is -0.355 e. The van der Waals surface area contributed by atoms with E-state index in [0.717, 1.165) is 32.1 Å². The average molecular weight is 281 g/mol. The molecule has 0 atom stereocenters. The predicted molar refractivity (Wildman–Crippen MR) is 82.8 cm³/mol. The molecule has 0 radical (unpaired) electrons. The van der Waals surface area contributed by atoms with Gasteiger partial charge < -0.3 is 10.2 Å². The van der Waals surface area contributed by atoms with Gasteiger partial charge in [-0.15, -0.1) is 0 Å². The molecule has 2 aliphatic rings. The summed E-state index contributed by atoms with van der Waals surface area (Å²) in [6.45, 7) is 9.03. The molecule has 1 aliphatic carbocycles. The summed E-state index contributed by atoms with van der Waals surface area (Å²) in [5, 5.41) is 2.90. The fourth-order valence-electron chi connectivity index (χ4n) is 3.56. The third kappa shape index (κ3) is 5.41. The maximum atomic E-state index is 11.7. The van der Waals surface area contributed by atoms with Gasteiger partial charge in [-0.3, -0.25) is 9.69 Å². The first-order chi connectivity index (χ1) is 9.78. The molecule has 1 heterocycles. The van der Waals surface area contributed by atoms with Gasteiger partial charge in [0.2, 0.25) is 5.91 Å². The molecule has 4 nitrogen and oxygen atoms in total. The first kappa shape index (κ1) is 15.8. The summed E-state index contributed by atoms with van der Waals surface area (Å²) < 4.78 is 0. The Kier molecular flexibility index (Phi) is 6.80. The van der Waals surface area contributed by atoms with Crippen LogP contribution in [0.15, 0.2) is 0 Å². The van der Waals surface area contributed by atoms with Crippen molar-refractivity contribution in [2.75, 3.05) is 45.8 Å². The van der Waals surface area contributed by atoms with Crippen LogP contribution < -0.4 is 5.32 Å². The third-order valence-corrected chi connectivity index (χ3v) is 4.66. The molecular weight excluding hydrogens is 250 g/mol. The number of carbonyl (C=O) groups is 1. The molecule has 0 spiro atoms. The molecule has 0 aromatic rings. The van der Waals surface area contributed by atoms with E-state index in [1.165, 1.54) is 51.6 Å². The Morgan fingerprint density at radius 1 is 1.00 bits per heavy atom. The van der Waals surface area contributed by atoms with Crippen LogP contribution in [-0.2, 0) is 4.79 Å². The number of nitrogens with zero attached hydrogens (tertiary/aromatic N) is 2. The molecular formula is C16H31N3O. The summed E-state index contributed by atoms with van der Waals surface area (Å²) in [6, 6.07) is 0. The molecule has 2 fully saturated rings. The van der Waals surface area contributed by atoms with Crippen LogP contribution in [-0.4, -0.2) is 61.5 Å². The second kappa shape index (κ2) is 8.63. The van der Waals surface area contributed by atoms with E-state index >= 15 is 0 Å². The number of rotatable bonds is 5. The van der Waals surface area contributed by atoms with Crippen LogP contribution >= 0.6 is 0 Å². The minimum absolute atomic E-state index is 0.174. The number of amides is 1. The van der Waals surface area contributed by atoms with E-state index in [0.29, 0.717) is 6.54 Å². The van der Waals surface area contributed by atoms with Gasteiger partial charge in [0, 0.05) is 26.2 Å². The zero-order valence-corrected chi connectivity index (χ0v) is 13.1. The van der Waals surface area contributed by atoms with Crippen molar-refractivity contribution in [3.8, 4) is 0 Å². The van der Waals surface area contributed by atoms with E-state index in [9.17, 15) is 4.79 Å². The molecule has 116 valence electrons. The fraction of sp³-hybridized carbons (Fsp3) is 0.938. The lowest BCUT2D eigenvalue weighted by Gasteiger charge is -2.28. The smallest absolute Gasteiger partial charge is 0.234 e. The quantitative estimate of drug-likeness (QED) is 0.833. The second-order valence-corrected chi connectivity index (χ2v) is 6.39. The standard InChI is InChI=1S/C16H31N3O/c1-2-17-16(20)14-19-10-6-9-18(11-12-19)13-15-7-4-3-5-8-15/h15H,2-14H2,1H3,(H,17,20). The highest BCUT2D eigenvalue weighted by molar-refractivity contribution is 5.77. The highest BCUT2D eigenvalue weighted by Crippen LogP contribution is 2.24. The van der Waals surface area contributed by atoms with Gasteiger partial charge in [-0.2, -0.15) is 0 Å². The Morgan fingerprint density at radius 2 is 1.70 bits per heavy atom. The summed E-state index contributed by atoms with van der Waals surface area (Å²) in [5.74, 6) is 1.10. The van der Waals surface area contributed by atoms with Crippen molar-refractivity contribution in [1.29, 1.82) is 0 Å². The molecule has 1 aliphatic heterocycles. The van der Waals surface area contributed by atoms with Crippen LogP contribution in [0.1, 0.15) is 45.4 Å². The number of likely N-dealkylation sites (N-methyl/N-ethyl adjacent to an activating group) is 1. The van der Waals surface area contributed by atoms with Gasteiger partial charge in [0.15, 0.2) is 0 Å². The molecule has 0 bridgehead atoms. The predicted octanol–water partition coefficient (Wildman–Crippen LogP) is 1.71. The Morgan fingerprint density at radius 3 is 2.45 bits per heavy atom. The zero-order valence-electron chi connectivity index (χ0n) is 13.1. The maximum absolute atomic E-state index is 11.7. The first-order valence-electron chi connectivity index (χ1n) is 8.49. The maximum Gasteiger partial charge on any atom is 0.234 e. The van der Waals surface area contributed by atoms with E-state index in [1.54, 1.807) is 0 Å². The molecule has 2 rings (SSSR count). The van der Waals surface area contributed by atoms with Crippen molar-refractivity contribution in [2.45, 2.75) is 45.4 Å². The van der Waals surface area contributed by atoms with Crippen LogP contribution in [0.4, 0.5) is 0 Å². The Labute approximate surface area is 123 Å². The number of hydrogen-bond acceptors (Lipinski definition) is 3. The van der Waals surface area contributed by atoms with Crippen LogP contribution in [0, 0.1) is 5.92 Å². The van der Waals surface area contributed by atoms with Crippen molar-refractivity contribution in [2.24, 2.45) is 5.92 Å². The first-order valence-corrected chi connectivity index (χ1v) is 8.49. The SMILES string of the molecule is CCNC(=O)CN1CCCN(CC2CCCCC2)CC1. The second-order valence-electron chi connectivity index (χ2n) is 6.39. The summed E-state index contributed by atoms with van der Waals surface area (Å²) in [7, 11) is 0. The van der Waals surface area contributed by atoms with Crippen molar-refractivity contribution in [3.63, 3.8) is 0 Å². The number of hydrogen-bond donors (Lipinski definition) is 1. The molecule has 0 aromatic carbocycles. The lowest BCUT2D eigenvalue weighted by atomic mass is 9.89. The number of nitrogens with one attached hydrogen (secondary N) is 1. The van der Waals surface area contributed by atoms with Crippen LogP contribution in [0.2, 0.25) is 0 Å². The van der Waals surface area contributed by atoms with Gasteiger partial charge in [-0.25, -0.2) is 0 Å². The van der Waals surface area contributed by atoms with E-state index in [1.807, 2.05) is 6.92 Å². The van der Waals surface area contributed by atoms with E-state index in [-0.39, 0.29) is 5.91 Å². The molecule has 1 amide bonds. The lowest BCUT2D eigenvalue weighted by Crippen LogP contribution is -2.39. The topological polar surface area (TPSA) is 35.6 Å². The minimum atomic E-state index is 0.174. The van der Waals surface area contributed by atoms with Crippen LogP contribution in [0.5, 0.6) is 0 Å². The van der Waals surface area contributed by atoms with E-state index < -0.39 is 0 Å². The highest BCUT2D eigenvalue weighted by atomic mass is 16.2. The third-order valence-electron chi connectivity index (χ3n) is 4.66. The van der Waals surface area contributed by atoms with Gasteiger partial charge in [-0.1, -0.05) is 19.3 Å². The summed E-state index contributed by atoms with van der Waals surface area (Å²) in [6.07, 6.45) is 8.37. The molecule has 1 saturated heterocycles. The van der Waals surface area contributed by atoms with Crippen molar-refractivity contribution in [1.82, 2.24) is 15.1 Å². The van der Waals surface area contributed by atoms with Gasteiger partial charge in [0.05, 0.1) is 6.54 Å². The Hall–Kier alpha value is -0.610. The fourth-order valence-corrected chi connectivity index (χ4v) is 3.56. The Bertz CT molecular complexity index is 289. The van der Waals surface area contributed by atoms with Gasteiger partial charge >= 0.3 is 0 Å². The molecule has 1 N–H and O–H groups in total. The average Bonchev–Trinajstić information content (AvgIpc) is 2.66. The lowest BCUT2D eigenvalue weighted by molar-refractivity contribution is -0.122. The summed E-state index contributed by atoms with van der Waals surface area (Å²) in [4.78, 5) is 16.6. The van der Waals surface area contributed by atoms with Gasteiger partial charge in [-0.05, 0) is 45.2 Å². The molecule has 20 heavy (non-hydrogen) atoms. The van der Waals surface area contributed by atoms with Crippen molar-refractivity contribution < 1.29 is 4.79 Å². The molecule has 0 aromatic heterocycles. The molecule has 0 unspecified atom stereocenters. The monoisotopic (exact) mass is 281 g/mol. The van der Waals surface area contributed by atoms with Gasteiger partial charge in [0.25, 0.3) is 0 Å². The Balaban J connectivity index is 1.69. The van der Waals surface area contributed by atoms with Crippen molar-refractivity contribution >= 4 is 5.91 Å². The van der Waals surface area contributed by atoms with E-state index in [4.69, 9.17) is 0 Å². The van der Waals surface area contributed by atoms with E-state index in [2.05, 4.69) is 15.1 Å². The largest absolute Gasteiger partial charge is 0.355 e.